The molecule has 8 N–H and O–H groups in total. The van der Waals surface area contributed by atoms with E-state index < -0.39 is 72.7 Å². The number of halogens is 3. The second-order valence-electron chi connectivity index (χ2n) is 18.9. The van der Waals surface area contributed by atoms with E-state index in [0.29, 0.717) is 106 Å². The Balaban J connectivity index is 0.000000136. The van der Waals surface area contributed by atoms with Crippen LogP contribution in [0.1, 0.15) is 163 Å². The summed E-state index contributed by atoms with van der Waals surface area (Å²) in [6.07, 6.45) is -4.31. The maximum Gasteiger partial charge on any atom is 0.224 e. The van der Waals surface area contributed by atoms with Gasteiger partial charge in [-0.2, -0.15) is 0 Å². The van der Waals surface area contributed by atoms with Crippen molar-refractivity contribution in [3.8, 4) is 0 Å². The zero-order chi connectivity index (χ0) is 63.2. The first-order valence-corrected chi connectivity index (χ1v) is 24.9. The smallest absolute Gasteiger partial charge is 0.224 e. The summed E-state index contributed by atoms with van der Waals surface area (Å²) in [6.45, 7) is 7.45. The van der Waals surface area contributed by atoms with Gasteiger partial charge in [-0.25, -0.2) is 0 Å². The molecule has 0 saturated heterocycles. The molecule has 370 valence electrons. The molecule has 0 saturated carbocycles. The molecule has 12 rings (SSSR count). The van der Waals surface area contributed by atoms with Crippen molar-refractivity contribution < 1.29 is 38.4 Å². The molecule has 4 atom stereocenters. The largest absolute Gasteiger partial charge is 0.369 e. The quantitative estimate of drug-likeness (QED) is 0.159. The lowest BCUT2D eigenvalue weighted by molar-refractivity contribution is -0.121. The van der Waals surface area contributed by atoms with Crippen molar-refractivity contribution in [2.45, 2.75) is 130 Å². The number of hydrogen-bond acceptors (Lipinski definition) is 4. The summed E-state index contributed by atoms with van der Waals surface area (Å²) in [6, 6.07) is 13.7. The van der Waals surface area contributed by atoms with Crippen molar-refractivity contribution in [3.05, 3.63) is 159 Å². The summed E-state index contributed by atoms with van der Waals surface area (Å²) in [5, 5.41) is 1.73. The van der Waals surface area contributed by atoms with Crippen LogP contribution < -0.4 is 22.9 Å². The molecule has 0 fully saturated rings. The van der Waals surface area contributed by atoms with E-state index in [1.54, 1.807) is 13.0 Å². The second kappa shape index (κ2) is 20.6. The Morgan fingerprint density at radius 2 is 0.915 bits per heavy atom. The number of rotatable bonds is 4. The Kier molecular flexibility index (Phi) is 10.4. The van der Waals surface area contributed by atoms with Gasteiger partial charge >= 0.3 is 0 Å². The van der Waals surface area contributed by atoms with Gasteiger partial charge in [0.15, 0.2) is 0 Å². The Morgan fingerprint density at radius 3 is 1.42 bits per heavy atom. The van der Waals surface area contributed by atoms with Gasteiger partial charge < -0.3 is 22.9 Å². The summed E-state index contributed by atoms with van der Waals surface area (Å²) < 4.78 is 115. The molecule has 0 spiro atoms. The summed E-state index contributed by atoms with van der Waals surface area (Å²) >= 11 is 18.5. The predicted molar refractivity (Wildman–Crippen MR) is 288 cm³/mol. The van der Waals surface area contributed by atoms with Crippen molar-refractivity contribution in [1.29, 1.82) is 0 Å². The van der Waals surface area contributed by atoms with E-state index in [-0.39, 0.29) is 32.1 Å². The van der Waals surface area contributed by atoms with Crippen molar-refractivity contribution in [3.63, 3.8) is 0 Å². The Bertz CT molecular complexity index is 3800. The van der Waals surface area contributed by atoms with Crippen LogP contribution in [0.5, 0.6) is 0 Å². The first-order chi connectivity index (χ1) is 39.2. The van der Waals surface area contributed by atoms with Gasteiger partial charge in [-0.3, -0.25) is 19.2 Å². The van der Waals surface area contributed by atoms with Gasteiger partial charge in [0.2, 0.25) is 23.6 Å². The van der Waals surface area contributed by atoms with E-state index in [4.69, 9.17) is 76.9 Å². The van der Waals surface area contributed by atoms with Gasteiger partial charge in [-0.15, -0.1) is 0 Å². The average molecular weight is 1030 g/mol. The molecule has 71 heavy (non-hydrogen) atoms. The highest BCUT2D eigenvalue weighted by atomic mass is 35.5. The van der Waals surface area contributed by atoms with Crippen molar-refractivity contribution in [2.75, 3.05) is 0 Å². The first kappa shape index (κ1) is 35.7. The van der Waals surface area contributed by atoms with Gasteiger partial charge in [0, 0.05) is 31.5 Å². The van der Waals surface area contributed by atoms with Crippen molar-refractivity contribution in [2.24, 2.45) is 46.5 Å². The average Bonchev–Trinajstić information content (AvgIpc) is 1.73. The monoisotopic (exact) mass is 1020 g/mol. The Morgan fingerprint density at radius 1 is 0.493 bits per heavy atom. The number of fused-ring (bicyclic) bond motifs is 8. The number of carbonyl (C=O) groups excluding carboxylic acids is 4. The third-order valence-electron chi connectivity index (χ3n) is 14.4. The number of primary amides is 4. The molecule has 11 heteroatoms. The van der Waals surface area contributed by atoms with E-state index >= 15 is 0 Å². The minimum atomic E-state index is -2.09. The summed E-state index contributed by atoms with van der Waals surface area (Å²) in [7, 11) is 0. The number of hydrogen-bond donors (Lipinski definition) is 4. The van der Waals surface area contributed by atoms with E-state index in [0.717, 1.165) is 77.9 Å². The number of aryl methyl sites for hydroxylation is 3. The number of benzene rings is 4. The first-order valence-electron chi connectivity index (χ1n) is 30.7. The van der Waals surface area contributed by atoms with Crippen LogP contribution in [0.4, 0.5) is 0 Å². The van der Waals surface area contributed by atoms with E-state index in [1.807, 2.05) is 57.2 Å². The Hall–Kier alpha value is -5.41. The lowest BCUT2D eigenvalue weighted by Gasteiger charge is -2.22. The molecule has 0 heterocycles. The molecule has 0 bridgehead atoms. The van der Waals surface area contributed by atoms with Crippen LogP contribution in [0.2, 0.25) is 15.1 Å². The van der Waals surface area contributed by atoms with E-state index in [2.05, 4.69) is 0 Å². The van der Waals surface area contributed by atoms with Crippen molar-refractivity contribution in [1.82, 2.24) is 0 Å². The Labute approximate surface area is 453 Å². The summed E-state index contributed by atoms with van der Waals surface area (Å²) in [4.78, 5) is 47.5. The highest BCUT2D eigenvalue weighted by Gasteiger charge is 2.37. The maximum atomic E-state index is 11.9. The summed E-state index contributed by atoms with van der Waals surface area (Å²) in [5.74, 6) is -11.9. The number of carbonyl (C=O) groups is 4. The third kappa shape index (κ3) is 9.93. The molecule has 8 aliphatic rings. The molecule has 4 amide bonds. The van der Waals surface area contributed by atoms with Crippen LogP contribution in [0.25, 0.3) is 22.3 Å². The maximum absolute atomic E-state index is 11.9. The highest BCUT2D eigenvalue weighted by Crippen LogP contribution is 2.49. The topological polar surface area (TPSA) is 172 Å². The summed E-state index contributed by atoms with van der Waals surface area (Å²) in [5.41, 5.74) is 37.2. The zero-order valence-corrected chi connectivity index (χ0v) is 42.4. The molecule has 8 aliphatic carbocycles. The van der Waals surface area contributed by atoms with Crippen LogP contribution in [0, 0.1) is 51.3 Å². The van der Waals surface area contributed by atoms with Crippen LogP contribution in [0.3, 0.4) is 0 Å². The van der Waals surface area contributed by atoms with Gasteiger partial charge in [-0.1, -0.05) is 70.7 Å². The fraction of sp³-hybridized carbons (Fsp3) is 0.400. The van der Waals surface area contributed by atoms with Gasteiger partial charge in [0.05, 0.1) is 26.3 Å². The lowest BCUT2D eigenvalue weighted by Crippen LogP contribution is -2.27. The van der Waals surface area contributed by atoms with Crippen molar-refractivity contribution >= 4 is 80.7 Å². The SMILES string of the molecule is [2H]C1([2H])CCC2=C(Cc3c(C)cc(Cl)cc32)C1([2H])C(N)=O.[2H]C1([2H])CCC2=C(Cc3cc(C)c(Cl)cc32)C1([2H])C(N)=O.[2H]c1c(C)c(Cl)cc2c1CC1=C2CCC([2H])([2H])C1([2H])C(N)=O.[2H]c1c(C)ccc2c1C1=C(C2)C([2H])(C(N)=O)C([2H])([2H])CC1. The van der Waals surface area contributed by atoms with Crippen LogP contribution in [-0.4, -0.2) is 23.6 Å². The third-order valence-corrected chi connectivity index (χ3v) is 15.4. The molecule has 4 aromatic carbocycles. The molecular formula is C60H65Cl3N4O4. The van der Waals surface area contributed by atoms with Crippen LogP contribution in [0.15, 0.2) is 76.8 Å². The van der Waals surface area contributed by atoms with Gasteiger partial charge in [0.1, 0.15) is 0 Å². The van der Waals surface area contributed by atoms with E-state index in [1.165, 1.54) is 0 Å². The van der Waals surface area contributed by atoms with Crippen LogP contribution in [-0.2, 0) is 44.9 Å². The lowest BCUT2D eigenvalue weighted by atomic mass is 9.82. The molecule has 4 aromatic rings. The molecular weight excluding hydrogens is 947 g/mol. The highest BCUT2D eigenvalue weighted by molar-refractivity contribution is 6.32. The van der Waals surface area contributed by atoms with Gasteiger partial charge in [-0.05, 0) is 260 Å². The van der Waals surface area contributed by atoms with Gasteiger partial charge in [0.25, 0.3) is 0 Å². The van der Waals surface area contributed by atoms with E-state index in [9.17, 15) is 19.2 Å². The minimum Gasteiger partial charge on any atom is -0.369 e. The molecule has 0 radical (unpaired) electrons. The fourth-order valence-corrected chi connectivity index (χ4v) is 11.7. The fourth-order valence-electron chi connectivity index (χ4n) is 11.1. The standard InChI is InChI=1S/3C15H16ClNO.C15H17NO/c2*1-8-5-9-6-13-10(12(9)7-14(8)16)3-2-4-11(13)15(17)18;1-8-5-9(16)6-13-10-3-2-4-11(15(17)18)14(10)7-12(8)13;1-9-5-6-10-8-14-11(13(10)7-9)3-2-4-12(14)15(16)17/h2*5,7,11H,2-4,6H2,1H3,(H2,17,18);5-6,11H,2-4,7H2,1H3,(H2,17,18);5-7,12H,2-4,8H2,1H3,(H2,16,17)/i4D2,5D,11D;2*4D2,11D;4D2,7D,12D. The predicted octanol–water partition coefficient (Wildman–Crippen LogP) is 12.3. The molecule has 0 aromatic heterocycles. The second-order valence-corrected chi connectivity index (χ2v) is 20.1. The normalized spacial score (nSPS) is 31.8. The molecule has 8 nitrogen and oxygen atoms in total. The zero-order valence-electron chi connectivity index (χ0n) is 54.1. The minimum absolute atomic E-state index is 0.0521. The van der Waals surface area contributed by atoms with Crippen LogP contribution >= 0.6 is 34.8 Å². The molecule has 4 unspecified atom stereocenters. The molecule has 0 aliphatic heterocycles. The number of amides is 4. The number of allylic oxidation sites excluding steroid dienone is 4. The number of nitrogens with two attached hydrogens (primary N) is 4.